The Bertz CT molecular complexity index is 1160. The first-order chi connectivity index (χ1) is 14.2. The number of nitrogens with one attached hydrogen (secondary N) is 2. The Hall–Kier alpha value is -2.46. The van der Waals surface area contributed by atoms with Crippen molar-refractivity contribution in [1.82, 2.24) is 9.88 Å². The van der Waals surface area contributed by atoms with Crippen molar-refractivity contribution in [3.8, 4) is 0 Å². The van der Waals surface area contributed by atoms with Crippen molar-refractivity contribution in [2.24, 2.45) is 0 Å². The first-order valence-corrected chi connectivity index (χ1v) is 10.6. The quantitative estimate of drug-likeness (QED) is 0.432. The molecule has 158 valence electrons. The lowest BCUT2D eigenvalue weighted by atomic mass is 10.0. The van der Waals surface area contributed by atoms with Crippen LogP contribution in [0.2, 0.25) is 0 Å². The van der Waals surface area contributed by atoms with Gasteiger partial charge in [-0.05, 0) is 84.6 Å². The molecule has 0 aliphatic heterocycles. The minimum absolute atomic E-state index is 0.0368. The molecule has 8 heteroatoms. The molecule has 0 spiro atoms. The molecule has 2 aromatic carbocycles. The Kier molecular flexibility index (Phi) is 6.77. The SMILES string of the molecule is Cc1cc(C)c2[nH]c(=O)c(C(C)N(CCO)C(=O)Nc3ccc(F)cc3I)cc2c1. The molecule has 1 aromatic heterocycles. The molecule has 1 heterocycles. The molecule has 0 bridgehead atoms. The number of amides is 2. The maximum Gasteiger partial charge on any atom is 0.322 e. The van der Waals surface area contributed by atoms with Crippen LogP contribution in [0, 0.1) is 23.2 Å². The van der Waals surface area contributed by atoms with Crippen LogP contribution in [0.25, 0.3) is 10.9 Å². The third kappa shape index (κ3) is 4.65. The number of hydrogen-bond acceptors (Lipinski definition) is 3. The van der Waals surface area contributed by atoms with Gasteiger partial charge in [-0.25, -0.2) is 9.18 Å². The second-order valence-corrected chi connectivity index (χ2v) is 8.41. The van der Waals surface area contributed by atoms with Gasteiger partial charge in [0.15, 0.2) is 0 Å². The fourth-order valence-corrected chi connectivity index (χ4v) is 4.15. The highest BCUT2D eigenvalue weighted by atomic mass is 127. The van der Waals surface area contributed by atoms with Gasteiger partial charge in [-0.2, -0.15) is 0 Å². The lowest BCUT2D eigenvalue weighted by molar-refractivity contribution is 0.167. The molecule has 1 unspecified atom stereocenters. The number of nitrogens with zero attached hydrogens (tertiary/aromatic N) is 1. The highest BCUT2D eigenvalue weighted by Gasteiger charge is 2.24. The van der Waals surface area contributed by atoms with E-state index in [4.69, 9.17) is 0 Å². The molecule has 6 nitrogen and oxygen atoms in total. The van der Waals surface area contributed by atoms with Gasteiger partial charge in [0.25, 0.3) is 5.56 Å². The van der Waals surface area contributed by atoms with Crippen LogP contribution in [0.5, 0.6) is 0 Å². The number of aromatic amines is 1. The summed E-state index contributed by atoms with van der Waals surface area (Å²) in [5.41, 5.74) is 3.40. The van der Waals surface area contributed by atoms with Gasteiger partial charge in [0.2, 0.25) is 0 Å². The van der Waals surface area contributed by atoms with Crippen LogP contribution in [0.3, 0.4) is 0 Å². The standard InChI is InChI=1S/C22H23FIN3O3/c1-12-8-13(2)20-15(9-12)10-17(21(29)26-20)14(3)27(6-7-28)22(30)25-19-5-4-16(23)11-18(19)24/h4-5,8-11,14,28H,6-7H2,1-3H3,(H,25,30)(H,26,29). The van der Waals surface area contributed by atoms with Crippen molar-refractivity contribution in [3.63, 3.8) is 0 Å². The number of rotatable bonds is 5. The monoisotopic (exact) mass is 523 g/mol. The Balaban J connectivity index is 1.96. The Morgan fingerprint density at radius 3 is 2.67 bits per heavy atom. The number of anilines is 1. The number of aromatic nitrogens is 1. The molecule has 1 atom stereocenters. The molecule has 3 rings (SSSR count). The van der Waals surface area contributed by atoms with Crippen molar-refractivity contribution >= 4 is 45.2 Å². The van der Waals surface area contributed by atoms with Crippen LogP contribution in [-0.2, 0) is 0 Å². The predicted molar refractivity (Wildman–Crippen MR) is 124 cm³/mol. The smallest absolute Gasteiger partial charge is 0.322 e. The normalized spacial score (nSPS) is 12.1. The maximum absolute atomic E-state index is 13.3. The number of pyridine rings is 1. The summed E-state index contributed by atoms with van der Waals surface area (Å²) >= 11 is 1.94. The van der Waals surface area contributed by atoms with E-state index in [2.05, 4.69) is 10.3 Å². The lowest BCUT2D eigenvalue weighted by Gasteiger charge is -2.29. The molecule has 2 amide bonds. The molecule has 0 saturated carbocycles. The van der Waals surface area contributed by atoms with Gasteiger partial charge in [0.05, 0.1) is 23.9 Å². The lowest BCUT2D eigenvalue weighted by Crippen LogP contribution is -2.40. The first-order valence-electron chi connectivity index (χ1n) is 9.49. The van der Waals surface area contributed by atoms with Gasteiger partial charge >= 0.3 is 6.03 Å². The number of aliphatic hydroxyl groups is 1. The molecule has 3 aromatic rings. The van der Waals surface area contributed by atoms with E-state index in [0.717, 1.165) is 22.0 Å². The van der Waals surface area contributed by atoms with Crippen LogP contribution in [0.4, 0.5) is 14.9 Å². The van der Waals surface area contributed by atoms with E-state index in [-0.39, 0.29) is 18.7 Å². The molecule has 30 heavy (non-hydrogen) atoms. The van der Waals surface area contributed by atoms with Crippen molar-refractivity contribution in [2.45, 2.75) is 26.8 Å². The van der Waals surface area contributed by atoms with Gasteiger partial charge < -0.3 is 20.3 Å². The summed E-state index contributed by atoms with van der Waals surface area (Å²) < 4.78 is 13.9. The number of halogens is 2. The summed E-state index contributed by atoms with van der Waals surface area (Å²) in [7, 11) is 0. The Labute approximate surface area is 187 Å². The number of H-pyrrole nitrogens is 1. The largest absolute Gasteiger partial charge is 0.395 e. The molecule has 0 saturated heterocycles. The van der Waals surface area contributed by atoms with E-state index in [1.165, 1.54) is 23.1 Å². The molecule has 0 aliphatic rings. The van der Waals surface area contributed by atoms with Crippen molar-refractivity contribution in [3.05, 3.63) is 72.8 Å². The fourth-order valence-electron chi connectivity index (χ4n) is 3.54. The van der Waals surface area contributed by atoms with E-state index >= 15 is 0 Å². The minimum Gasteiger partial charge on any atom is -0.395 e. The van der Waals surface area contributed by atoms with Gasteiger partial charge in [-0.1, -0.05) is 11.6 Å². The van der Waals surface area contributed by atoms with E-state index in [9.17, 15) is 19.1 Å². The third-order valence-corrected chi connectivity index (χ3v) is 5.91. The van der Waals surface area contributed by atoms with Crippen LogP contribution in [-0.4, -0.2) is 34.2 Å². The Morgan fingerprint density at radius 2 is 2.00 bits per heavy atom. The number of carbonyl (C=O) groups is 1. The predicted octanol–water partition coefficient (Wildman–Crippen LogP) is 4.48. The number of carbonyl (C=O) groups excluding carboxylic acids is 1. The highest BCUT2D eigenvalue weighted by Crippen LogP contribution is 2.25. The number of aliphatic hydroxyl groups excluding tert-OH is 1. The summed E-state index contributed by atoms with van der Waals surface area (Å²) in [4.78, 5) is 30.0. The molecule has 0 fully saturated rings. The third-order valence-electron chi connectivity index (χ3n) is 5.01. The van der Waals surface area contributed by atoms with E-state index < -0.39 is 17.9 Å². The van der Waals surface area contributed by atoms with Crippen LogP contribution >= 0.6 is 22.6 Å². The molecule has 0 aliphatic carbocycles. The second-order valence-electron chi connectivity index (χ2n) is 7.25. The number of benzene rings is 2. The number of hydrogen-bond donors (Lipinski definition) is 3. The van der Waals surface area contributed by atoms with Crippen LogP contribution < -0.4 is 10.9 Å². The average Bonchev–Trinajstić information content (AvgIpc) is 2.68. The zero-order valence-electron chi connectivity index (χ0n) is 16.9. The second kappa shape index (κ2) is 9.13. The fraction of sp³-hybridized carbons (Fsp3) is 0.273. The number of urea groups is 1. The minimum atomic E-state index is -0.593. The summed E-state index contributed by atoms with van der Waals surface area (Å²) in [5.74, 6) is -0.397. The van der Waals surface area contributed by atoms with E-state index in [1.54, 1.807) is 13.0 Å². The summed E-state index contributed by atoms with van der Waals surface area (Å²) in [6.07, 6.45) is 0. The highest BCUT2D eigenvalue weighted by molar-refractivity contribution is 14.1. The van der Waals surface area contributed by atoms with Crippen molar-refractivity contribution in [1.29, 1.82) is 0 Å². The zero-order chi connectivity index (χ0) is 22.0. The molecular weight excluding hydrogens is 500 g/mol. The topological polar surface area (TPSA) is 85.4 Å². The molecular formula is C22H23FIN3O3. The zero-order valence-corrected chi connectivity index (χ0v) is 19.1. The number of fused-ring (bicyclic) bond motifs is 1. The van der Waals surface area contributed by atoms with Crippen LogP contribution in [0.15, 0.2) is 41.2 Å². The van der Waals surface area contributed by atoms with Crippen molar-refractivity contribution in [2.75, 3.05) is 18.5 Å². The Morgan fingerprint density at radius 1 is 1.27 bits per heavy atom. The van der Waals surface area contributed by atoms with Crippen LogP contribution in [0.1, 0.15) is 29.7 Å². The molecule has 0 radical (unpaired) electrons. The summed E-state index contributed by atoms with van der Waals surface area (Å²) in [5, 5.41) is 13.1. The van der Waals surface area contributed by atoms with Gasteiger partial charge in [0, 0.05) is 15.7 Å². The number of aryl methyl sites for hydroxylation is 2. The molecule has 3 N–H and O–H groups in total. The van der Waals surface area contributed by atoms with Gasteiger partial charge in [-0.15, -0.1) is 0 Å². The average molecular weight is 523 g/mol. The van der Waals surface area contributed by atoms with E-state index in [1.807, 2.05) is 48.6 Å². The first kappa shape index (κ1) is 22.2. The maximum atomic E-state index is 13.3. The van der Waals surface area contributed by atoms with Gasteiger partial charge in [0.1, 0.15) is 5.82 Å². The summed E-state index contributed by atoms with van der Waals surface area (Å²) in [6.45, 7) is 5.43. The van der Waals surface area contributed by atoms with Gasteiger partial charge in [-0.3, -0.25) is 4.79 Å². The van der Waals surface area contributed by atoms with Crippen molar-refractivity contribution < 1.29 is 14.3 Å². The van der Waals surface area contributed by atoms with E-state index in [0.29, 0.717) is 14.8 Å². The summed E-state index contributed by atoms with van der Waals surface area (Å²) in [6, 6.07) is 8.74.